The summed E-state index contributed by atoms with van der Waals surface area (Å²) in [7, 11) is 0. The first-order valence-electron chi connectivity index (χ1n) is 13.7. The van der Waals surface area contributed by atoms with Gasteiger partial charge in [-0.1, -0.05) is 63.2 Å². The Labute approximate surface area is 235 Å². The predicted molar refractivity (Wildman–Crippen MR) is 158 cm³/mol. The molecule has 7 heteroatoms. The van der Waals surface area contributed by atoms with Crippen LogP contribution in [0.2, 0.25) is 0 Å². The smallest absolute Gasteiger partial charge is 0.276 e. The number of hydrogen-bond donors (Lipinski definition) is 1. The molecule has 1 fully saturated rings. The first kappa shape index (κ1) is 27.3. The molecule has 0 aliphatic carbocycles. The molecule has 0 radical (unpaired) electrons. The van der Waals surface area contributed by atoms with Crippen LogP contribution < -0.4 is 5.32 Å². The van der Waals surface area contributed by atoms with Gasteiger partial charge in [-0.15, -0.1) is 0 Å². The van der Waals surface area contributed by atoms with E-state index in [9.17, 15) is 9.59 Å². The number of amides is 2. The average molecular weight is 537 g/mol. The van der Waals surface area contributed by atoms with Gasteiger partial charge in [0.15, 0.2) is 11.5 Å². The highest BCUT2D eigenvalue weighted by Gasteiger charge is 2.29. The van der Waals surface area contributed by atoms with Crippen LogP contribution in [-0.4, -0.2) is 52.8 Å². The third-order valence-corrected chi connectivity index (χ3v) is 7.20. The summed E-state index contributed by atoms with van der Waals surface area (Å²) in [5, 5.41) is 2.78. The van der Waals surface area contributed by atoms with Gasteiger partial charge in [-0.25, -0.2) is 4.98 Å². The fourth-order valence-electron chi connectivity index (χ4n) is 4.91. The Bertz CT molecular complexity index is 1460. The van der Waals surface area contributed by atoms with Gasteiger partial charge in [0, 0.05) is 56.5 Å². The van der Waals surface area contributed by atoms with E-state index in [0.29, 0.717) is 36.1 Å². The van der Waals surface area contributed by atoms with Gasteiger partial charge in [0.2, 0.25) is 11.8 Å². The molecule has 2 heterocycles. The largest absolute Gasteiger partial charge is 0.435 e. The van der Waals surface area contributed by atoms with E-state index in [2.05, 4.69) is 67.4 Å². The molecule has 1 saturated heterocycles. The van der Waals surface area contributed by atoms with E-state index >= 15 is 0 Å². The molecule has 206 valence electrons. The quantitative estimate of drug-likeness (QED) is 0.316. The normalized spacial score (nSPS) is 14.2. The lowest BCUT2D eigenvalue weighted by Crippen LogP contribution is -2.48. The molecule has 3 aromatic carbocycles. The van der Waals surface area contributed by atoms with Gasteiger partial charge in [-0.3, -0.25) is 14.5 Å². The zero-order chi connectivity index (χ0) is 28.3. The fourth-order valence-corrected chi connectivity index (χ4v) is 4.91. The van der Waals surface area contributed by atoms with E-state index < -0.39 is 0 Å². The second kappa shape index (κ2) is 11.5. The lowest BCUT2D eigenvalue weighted by atomic mass is 9.87. The molecule has 5 rings (SSSR count). The van der Waals surface area contributed by atoms with Crippen LogP contribution in [0.4, 0.5) is 5.69 Å². The maximum Gasteiger partial charge on any atom is 0.276 e. The van der Waals surface area contributed by atoms with E-state index in [0.717, 1.165) is 30.8 Å². The minimum atomic E-state index is -0.143. The molecule has 1 aliphatic rings. The Morgan fingerprint density at radius 3 is 2.08 bits per heavy atom. The summed E-state index contributed by atoms with van der Waals surface area (Å²) in [6, 6.07) is 25.8. The van der Waals surface area contributed by atoms with E-state index in [-0.39, 0.29) is 17.2 Å². The topological polar surface area (TPSA) is 78.7 Å². The number of anilines is 1. The average Bonchev–Trinajstić information content (AvgIpc) is 3.39. The van der Waals surface area contributed by atoms with Gasteiger partial charge in [-0.2, -0.15) is 0 Å². The first-order chi connectivity index (χ1) is 19.2. The van der Waals surface area contributed by atoms with Gasteiger partial charge in [0.25, 0.3) is 5.91 Å². The molecule has 0 saturated carbocycles. The SMILES string of the molecule is CC(=O)Nc1ccc(-c2oc(-c3ccc(C(C)(C)C)cc3)nc2C(=O)N2CCN(Cc3ccccc3)CC2)cc1. The number of carbonyl (C=O) groups is 2. The van der Waals surface area contributed by atoms with Crippen LogP contribution in [0.1, 0.15) is 49.3 Å². The molecule has 0 atom stereocenters. The van der Waals surface area contributed by atoms with Crippen molar-refractivity contribution in [1.29, 1.82) is 0 Å². The van der Waals surface area contributed by atoms with Crippen LogP contribution in [0, 0.1) is 0 Å². The van der Waals surface area contributed by atoms with E-state index in [4.69, 9.17) is 9.40 Å². The molecule has 7 nitrogen and oxygen atoms in total. The third kappa shape index (κ3) is 6.32. The summed E-state index contributed by atoms with van der Waals surface area (Å²) in [5.74, 6) is 0.561. The zero-order valence-corrected chi connectivity index (χ0v) is 23.6. The molecule has 4 aromatic rings. The Kier molecular flexibility index (Phi) is 7.85. The number of rotatable bonds is 6. The Balaban J connectivity index is 1.41. The Morgan fingerprint density at radius 1 is 0.850 bits per heavy atom. The van der Waals surface area contributed by atoms with Crippen molar-refractivity contribution in [3.8, 4) is 22.8 Å². The van der Waals surface area contributed by atoms with E-state index in [1.54, 1.807) is 12.1 Å². The molecule has 40 heavy (non-hydrogen) atoms. The molecule has 0 spiro atoms. The van der Waals surface area contributed by atoms with Crippen molar-refractivity contribution < 1.29 is 14.0 Å². The van der Waals surface area contributed by atoms with Crippen molar-refractivity contribution in [1.82, 2.24) is 14.8 Å². The van der Waals surface area contributed by atoms with Crippen molar-refractivity contribution in [2.45, 2.75) is 39.7 Å². The van der Waals surface area contributed by atoms with E-state index in [1.807, 2.05) is 35.2 Å². The number of benzene rings is 3. The predicted octanol–water partition coefficient (Wildman–Crippen LogP) is 6.22. The number of piperazine rings is 1. The summed E-state index contributed by atoms with van der Waals surface area (Å²) < 4.78 is 6.29. The fraction of sp³-hybridized carbons (Fsp3) is 0.303. The number of aromatic nitrogens is 1. The molecule has 0 unspecified atom stereocenters. The van der Waals surface area contributed by atoms with Gasteiger partial charge in [0.1, 0.15) is 0 Å². The van der Waals surface area contributed by atoms with Crippen LogP contribution in [-0.2, 0) is 16.8 Å². The van der Waals surface area contributed by atoms with E-state index in [1.165, 1.54) is 18.1 Å². The second-order valence-electron chi connectivity index (χ2n) is 11.3. The molecular weight excluding hydrogens is 500 g/mol. The van der Waals surface area contributed by atoms with Crippen molar-refractivity contribution in [3.63, 3.8) is 0 Å². The first-order valence-corrected chi connectivity index (χ1v) is 13.7. The van der Waals surface area contributed by atoms with Crippen molar-refractivity contribution in [3.05, 3.63) is 95.7 Å². The number of nitrogens with zero attached hydrogens (tertiary/aromatic N) is 3. The Hall–Kier alpha value is -4.23. The highest BCUT2D eigenvalue weighted by atomic mass is 16.4. The number of nitrogens with one attached hydrogen (secondary N) is 1. The molecule has 2 amide bonds. The lowest BCUT2D eigenvalue weighted by Gasteiger charge is -2.34. The van der Waals surface area contributed by atoms with Crippen LogP contribution in [0.5, 0.6) is 0 Å². The molecule has 0 bridgehead atoms. The molecule has 1 aliphatic heterocycles. The van der Waals surface area contributed by atoms with Crippen molar-refractivity contribution >= 4 is 17.5 Å². The van der Waals surface area contributed by atoms with Gasteiger partial charge in [-0.05, 0) is 52.9 Å². The molecular formula is C33H36N4O3. The minimum absolute atomic E-state index is 0.0275. The van der Waals surface area contributed by atoms with Crippen LogP contribution in [0.3, 0.4) is 0 Å². The third-order valence-electron chi connectivity index (χ3n) is 7.20. The summed E-state index contributed by atoms with van der Waals surface area (Å²) in [6.07, 6.45) is 0. The van der Waals surface area contributed by atoms with Crippen molar-refractivity contribution in [2.24, 2.45) is 0 Å². The van der Waals surface area contributed by atoms with Gasteiger partial charge < -0.3 is 14.6 Å². The maximum atomic E-state index is 13.8. The highest BCUT2D eigenvalue weighted by Crippen LogP contribution is 2.33. The minimum Gasteiger partial charge on any atom is -0.435 e. The lowest BCUT2D eigenvalue weighted by molar-refractivity contribution is -0.114. The summed E-state index contributed by atoms with van der Waals surface area (Å²) in [5.41, 5.74) is 5.03. The second-order valence-corrected chi connectivity index (χ2v) is 11.3. The maximum absolute atomic E-state index is 13.8. The van der Waals surface area contributed by atoms with Gasteiger partial charge >= 0.3 is 0 Å². The van der Waals surface area contributed by atoms with Gasteiger partial charge in [0.05, 0.1) is 0 Å². The highest BCUT2D eigenvalue weighted by molar-refractivity contribution is 5.98. The van der Waals surface area contributed by atoms with Crippen LogP contribution >= 0.6 is 0 Å². The van der Waals surface area contributed by atoms with Crippen LogP contribution in [0.25, 0.3) is 22.8 Å². The molecule has 1 aromatic heterocycles. The summed E-state index contributed by atoms with van der Waals surface area (Å²) >= 11 is 0. The molecule has 1 N–H and O–H groups in total. The number of hydrogen-bond acceptors (Lipinski definition) is 5. The number of oxazole rings is 1. The standard InChI is InChI=1S/C33H36N4O3/c1-23(38)34-28-16-12-25(13-17-28)30-29(35-31(40-30)26-10-14-27(15-11-26)33(2,3)4)32(39)37-20-18-36(19-21-37)22-24-8-6-5-7-9-24/h5-17H,18-22H2,1-4H3,(H,34,38). The number of carbonyl (C=O) groups excluding carboxylic acids is 2. The summed E-state index contributed by atoms with van der Waals surface area (Å²) in [4.78, 5) is 34.3. The van der Waals surface area contributed by atoms with Crippen molar-refractivity contribution in [2.75, 3.05) is 31.5 Å². The zero-order valence-electron chi connectivity index (χ0n) is 23.6. The summed E-state index contributed by atoms with van der Waals surface area (Å²) in [6.45, 7) is 11.7. The monoisotopic (exact) mass is 536 g/mol. The Morgan fingerprint density at radius 2 is 1.48 bits per heavy atom. The van der Waals surface area contributed by atoms with Crippen LogP contribution in [0.15, 0.2) is 83.3 Å².